The Bertz CT molecular complexity index is 4500. The monoisotopic (exact) mass is 2080 g/mol. The predicted octanol–water partition coefficient (Wildman–Crippen LogP) is 14.9. The van der Waals surface area contributed by atoms with Gasteiger partial charge in [0.15, 0.2) is 26.3 Å². The molecule has 8 aliphatic rings. The van der Waals surface area contributed by atoms with E-state index in [0.29, 0.717) is 151 Å². The Morgan fingerprint density at radius 3 is 1.11 bits per heavy atom. The highest BCUT2D eigenvalue weighted by Gasteiger charge is 2.56. The number of sulfonamides is 2. The van der Waals surface area contributed by atoms with Gasteiger partial charge in [0.2, 0.25) is 31.6 Å². The maximum atomic E-state index is 14.5. The largest absolute Gasteiger partial charge is 0.461 e. The number of carbonyl (C=O) groups is 8. The lowest BCUT2D eigenvalue weighted by Gasteiger charge is -2.43. The van der Waals surface area contributed by atoms with Gasteiger partial charge in [0.1, 0.15) is 48.7 Å². The number of aliphatic hydroxyl groups is 4. The Hall–Kier alpha value is -5.72. The summed E-state index contributed by atoms with van der Waals surface area (Å²) in [6, 6.07) is -3.76. The second-order valence-corrected chi connectivity index (χ2v) is 52.5. The van der Waals surface area contributed by atoms with Crippen LogP contribution in [-0.2, 0) is 114 Å². The minimum absolute atomic E-state index is 0.0158. The standard InChI is InChI=1S/2C53H87N2O14PS/c2*1-33-18-14-13-15-19-35(3)42(54-71(12,63)64)32-41-24-22-39(7)53(61,68-41)50(58)51(59)55-27-17-16-20-43(55)52(60)67-44(36(4)30-40-23-26-45(46(31-40)65-8)69-70(10,11)62)25-21-34(2)29-38(6)48(57)49(66-9)47(56)37(5)28-33/h2*13-15,18-19,29,33-34,36-37,39-46,48-49,54,57,61H,16-17,20-28,30-32H2,1-12H3/b2*15-13+,18-14+,35-19+,38-29+/t33-,34+,36-,37-,39-,40+,41+,42+,43+,44+,45-,46-,48-,49+,53-;33-,34+,36-,37-,39-,40+,41+,42-,43+,44+,45-,46-,48-,49+,53-/m11/s1. The number of ether oxygens (including phenoxy) is 8. The molecule has 0 aromatic carbocycles. The molecule has 6 aliphatic heterocycles. The van der Waals surface area contributed by atoms with E-state index in [4.69, 9.17) is 46.9 Å². The molecule has 2 saturated carbocycles. The number of nitrogens with zero attached hydrogens (tertiary/aromatic N) is 2. The zero-order chi connectivity index (χ0) is 106. The number of amides is 2. The first-order valence-corrected chi connectivity index (χ1v) is 60.4. The number of Topliss-reactive ketones (excluding diaryl/α,β-unsaturated/α-hetero) is 4. The number of esters is 2. The number of hydrogen-bond donors (Lipinski definition) is 6. The summed E-state index contributed by atoms with van der Waals surface area (Å²) >= 11 is 0. The van der Waals surface area contributed by atoms with Gasteiger partial charge < -0.3 is 77.2 Å². The number of fused-ring (bicyclic) bond motifs is 6. The predicted molar refractivity (Wildman–Crippen MR) is 548 cm³/mol. The van der Waals surface area contributed by atoms with Crippen molar-refractivity contribution in [2.75, 3.05) is 80.7 Å². The van der Waals surface area contributed by atoms with E-state index >= 15 is 0 Å². The molecule has 4 saturated heterocycles. The first-order chi connectivity index (χ1) is 66.3. The van der Waals surface area contributed by atoms with Crippen LogP contribution in [0.2, 0.25) is 0 Å². The lowest BCUT2D eigenvalue weighted by atomic mass is 9.78. The molecule has 6 fully saturated rings. The van der Waals surface area contributed by atoms with Crippen LogP contribution in [0.3, 0.4) is 0 Å². The topological polar surface area (TPSA) is 443 Å². The highest BCUT2D eigenvalue weighted by Crippen LogP contribution is 2.48. The lowest BCUT2D eigenvalue weighted by Crippen LogP contribution is -2.61. The van der Waals surface area contributed by atoms with Crippen LogP contribution in [0.5, 0.6) is 0 Å². The number of piperidine rings is 2. The fourth-order valence-corrected chi connectivity index (χ4v) is 25.2. The molecule has 0 radical (unpaired) electrons. The first-order valence-electron chi connectivity index (χ1n) is 51.6. The second kappa shape index (κ2) is 56.2. The molecule has 2 aliphatic carbocycles. The minimum Gasteiger partial charge on any atom is -0.461 e. The Morgan fingerprint density at radius 1 is 0.437 bits per heavy atom. The van der Waals surface area contributed by atoms with Crippen molar-refractivity contribution in [3.05, 3.63) is 95.2 Å². The summed E-state index contributed by atoms with van der Waals surface area (Å²) in [6.07, 6.45) is 28.4. The van der Waals surface area contributed by atoms with Gasteiger partial charge >= 0.3 is 11.9 Å². The van der Waals surface area contributed by atoms with E-state index in [9.17, 15) is 84.7 Å². The van der Waals surface area contributed by atoms with Crippen LogP contribution in [-0.4, -0.2) is 284 Å². The van der Waals surface area contributed by atoms with Gasteiger partial charge in [0.25, 0.3) is 23.4 Å². The van der Waals surface area contributed by atoms with E-state index in [-0.39, 0.29) is 122 Å². The molecule has 0 unspecified atom stereocenters. The third-order valence-corrected chi connectivity index (χ3v) is 33.0. The van der Waals surface area contributed by atoms with Crippen LogP contribution in [0.15, 0.2) is 95.2 Å². The summed E-state index contributed by atoms with van der Waals surface area (Å²) in [5.74, 6) is -14.0. The minimum atomic E-state index is -3.73. The zero-order valence-electron chi connectivity index (χ0n) is 89.1. The van der Waals surface area contributed by atoms with Gasteiger partial charge in [0, 0.05) is 104 Å². The molecule has 6 N–H and O–H groups in total. The Labute approximate surface area is 847 Å². The molecule has 4 bridgehead atoms. The van der Waals surface area contributed by atoms with Gasteiger partial charge in [-0.25, -0.2) is 35.9 Å². The molecule has 32 nitrogen and oxygen atoms in total. The van der Waals surface area contributed by atoms with E-state index in [0.717, 1.165) is 25.4 Å². The van der Waals surface area contributed by atoms with Crippen LogP contribution < -0.4 is 9.44 Å². The molecule has 0 aromatic heterocycles. The summed E-state index contributed by atoms with van der Waals surface area (Å²) in [6.45, 7) is 32.6. The van der Waals surface area contributed by atoms with Gasteiger partial charge in [-0.1, -0.05) is 153 Å². The Balaban J connectivity index is 0.000000386. The molecule has 0 spiro atoms. The van der Waals surface area contributed by atoms with Gasteiger partial charge in [0.05, 0.1) is 49.1 Å². The molecule has 2 amide bonds. The number of rotatable bonds is 18. The maximum absolute atomic E-state index is 14.5. The first kappa shape index (κ1) is 123. The summed E-state index contributed by atoms with van der Waals surface area (Å²) < 4.78 is 141. The lowest BCUT2D eigenvalue weighted by molar-refractivity contribution is -0.264. The van der Waals surface area contributed by atoms with Gasteiger partial charge in [-0.3, -0.25) is 37.9 Å². The summed E-state index contributed by atoms with van der Waals surface area (Å²) in [4.78, 5) is 116. The van der Waals surface area contributed by atoms with Crippen molar-refractivity contribution in [1.29, 1.82) is 0 Å². The summed E-state index contributed by atoms with van der Waals surface area (Å²) in [5.41, 5.74) is 2.42. The average Bonchev–Trinajstić information content (AvgIpc) is 0.773. The normalized spacial score (nSPS) is 38.5. The molecule has 30 atom stereocenters. The third-order valence-electron chi connectivity index (χ3n) is 30.0. The van der Waals surface area contributed by atoms with E-state index in [1.807, 2.05) is 91.8 Å². The molecular weight excluding hydrogens is 1900 g/mol. The van der Waals surface area contributed by atoms with Crippen molar-refractivity contribution in [3.8, 4) is 0 Å². The molecule has 0 aromatic rings. The van der Waals surface area contributed by atoms with Gasteiger partial charge in [-0.15, -0.1) is 0 Å². The second-order valence-electron chi connectivity index (χ2n) is 43.5. The van der Waals surface area contributed by atoms with Crippen LogP contribution in [0.25, 0.3) is 0 Å². The number of hydrogen-bond acceptors (Lipinski definition) is 28. The van der Waals surface area contributed by atoms with Crippen molar-refractivity contribution in [2.24, 2.45) is 71.0 Å². The average molecular weight is 2080 g/mol. The molecule has 808 valence electrons. The number of ketones is 4. The number of aliphatic hydroxyl groups excluding tert-OH is 2. The molecular formula is C106H174N4O28P2S2. The van der Waals surface area contributed by atoms with Crippen molar-refractivity contribution in [1.82, 2.24) is 19.2 Å². The quantitative estimate of drug-likeness (QED) is 0.0321. The number of carbonyl (C=O) groups excluding carboxylic acids is 8. The van der Waals surface area contributed by atoms with Crippen LogP contribution in [0, 0.1) is 71.0 Å². The highest BCUT2D eigenvalue weighted by molar-refractivity contribution is 7.89. The number of cyclic esters (lactones) is 2. The van der Waals surface area contributed by atoms with Crippen LogP contribution >= 0.6 is 14.7 Å². The summed E-state index contributed by atoms with van der Waals surface area (Å²) in [5, 5.41) is 47.2. The molecule has 8 rings (SSSR count). The van der Waals surface area contributed by atoms with Crippen molar-refractivity contribution in [3.63, 3.8) is 0 Å². The van der Waals surface area contributed by atoms with E-state index in [2.05, 4.69) is 9.44 Å². The Kier molecular flexibility index (Phi) is 48.8. The smallest absolute Gasteiger partial charge is 0.329 e. The van der Waals surface area contributed by atoms with Crippen molar-refractivity contribution < 1.29 is 132 Å². The number of methoxy groups -OCH3 is 4. The van der Waals surface area contributed by atoms with Gasteiger partial charge in [-0.05, 0) is 253 Å². The SMILES string of the molecule is CO[C@@H]1C[C@H](C[C@@H](C)[C@@H]2CC[C@H](C)/C=C(\C)[C@@H](O)[C@@H](OC)C(=O)[C@H](C)C[C@H](C)/C=C/C=C/C=C(\C)[C@@H](NS(C)(=O)=O)C[C@@H]3CC[C@@H](C)[C@@](O)(O3)C(=O)C(=O)N3CCCC[C@H]3C(=O)O2)CC[C@H]1OP(C)(C)=O.CO[C@@H]1C[C@H](C[C@@H](C)[C@@H]2CC[C@H](C)/C=C(\C)[C@@H](O)[C@@H](OC)C(=O)[C@H](C)C[C@H](C)/C=C/C=C/C=C(\C)[C@H](NS(C)(=O)=O)C[C@@H]3CC[C@@H](C)[C@@](O)(O3)C(=O)C(=O)N3CCCC[C@H]3C(=O)O2)CC[C@H]1OP(C)(C)=O. The van der Waals surface area contributed by atoms with E-state index < -0.39 is 178 Å². The fraction of sp³-hybridized carbons (Fsp3) is 0.774. The van der Waals surface area contributed by atoms with Crippen molar-refractivity contribution in [2.45, 2.75) is 373 Å². The Morgan fingerprint density at radius 2 is 0.789 bits per heavy atom. The van der Waals surface area contributed by atoms with Gasteiger partial charge in [-0.2, -0.15) is 0 Å². The van der Waals surface area contributed by atoms with E-state index in [1.165, 1.54) is 24.0 Å². The molecule has 142 heavy (non-hydrogen) atoms. The summed E-state index contributed by atoms with van der Waals surface area (Å²) in [7, 11) is -6.91. The number of nitrogens with one attached hydrogen (secondary N) is 2. The maximum Gasteiger partial charge on any atom is 0.329 e. The van der Waals surface area contributed by atoms with Crippen molar-refractivity contribution >= 4 is 81.7 Å². The molecule has 36 heteroatoms. The number of allylic oxidation sites excluding steroid dienone is 12. The third kappa shape index (κ3) is 37.5. The highest BCUT2D eigenvalue weighted by atomic mass is 32.2. The zero-order valence-corrected chi connectivity index (χ0v) is 92.5. The van der Waals surface area contributed by atoms with E-state index in [1.54, 1.807) is 119 Å². The molecule has 6 heterocycles. The van der Waals surface area contributed by atoms with Crippen LogP contribution in [0.1, 0.15) is 264 Å². The fourth-order valence-electron chi connectivity index (χ4n) is 21.8. The van der Waals surface area contributed by atoms with Crippen LogP contribution in [0.4, 0.5) is 0 Å².